The smallest absolute Gasteiger partial charge is 0.312 e. The van der Waals surface area contributed by atoms with Gasteiger partial charge in [0, 0.05) is 6.54 Å². The molecule has 0 saturated carbocycles. The van der Waals surface area contributed by atoms with Gasteiger partial charge in [-0.25, -0.2) is 0 Å². The van der Waals surface area contributed by atoms with E-state index in [1.54, 1.807) is 6.08 Å². The Labute approximate surface area is 41.9 Å². The summed E-state index contributed by atoms with van der Waals surface area (Å²) in [5, 5.41) is 0. The average Bonchev–Trinajstić information content (AvgIpc) is 1.69. The van der Waals surface area contributed by atoms with Crippen molar-refractivity contribution in [2.24, 2.45) is 0 Å². The number of carbonyl (C=O) groups excluding carboxylic acids is 1. The summed E-state index contributed by atoms with van der Waals surface area (Å²) in [5.41, 5.74) is 2.30. The summed E-state index contributed by atoms with van der Waals surface area (Å²) in [6, 6.07) is 0. The summed E-state index contributed by atoms with van der Waals surface area (Å²) in [5.74, 6) is 0. The van der Waals surface area contributed by atoms with E-state index in [-0.39, 0.29) is 0 Å². The van der Waals surface area contributed by atoms with Gasteiger partial charge in [-0.1, -0.05) is 6.08 Å². The maximum absolute atomic E-state index is 9.36. The lowest BCUT2D eigenvalue weighted by atomic mass is 10.7. The Hall–Kier alpha value is -0.830. The van der Waals surface area contributed by atoms with Crippen LogP contribution in [0.25, 0.3) is 0 Å². The highest BCUT2D eigenvalue weighted by molar-refractivity contribution is 5.36. The minimum absolute atomic E-state index is 0.323. The van der Waals surface area contributed by atoms with Crippen LogP contribution in [0.2, 0.25) is 0 Å². The predicted molar refractivity (Wildman–Crippen MR) is 25.3 cm³/mol. The molecule has 3 heteroatoms. The van der Waals surface area contributed by atoms with E-state index in [0.717, 1.165) is 0 Å². The van der Waals surface area contributed by atoms with Gasteiger partial charge in [-0.3, -0.25) is 4.79 Å². The summed E-state index contributed by atoms with van der Waals surface area (Å²) >= 11 is 0. The Kier molecular flexibility index (Phi) is 4.56. The van der Waals surface area contributed by atoms with Crippen molar-refractivity contribution in [3.63, 3.8) is 0 Å². The van der Waals surface area contributed by atoms with E-state index in [4.69, 9.17) is 0 Å². The standard InChI is InChI=1S/C4H7NO2/c1-2-3-5-7-4-6/h2,4-5H,1,3H2. The van der Waals surface area contributed by atoms with Gasteiger partial charge in [-0.2, -0.15) is 0 Å². The minimum Gasteiger partial charge on any atom is -0.373 e. The molecule has 0 amide bonds. The van der Waals surface area contributed by atoms with Crippen molar-refractivity contribution >= 4 is 6.47 Å². The van der Waals surface area contributed by atoms with Gasteiger partial charge in [-0.15, -0.1) is 12.1 Å². The summed E-state index contributed by atoms with van der Waals surface area (Å²) in [7, 11) is 0. The molecule has 0 spiro atoms. The quantitative estimate of drug-likeness (QED) is 0.231. The molecule has 0 radical (unpaired) electrons. The number of rotatable bonds is 4. The zero-order valence-corrected chi connectivity index (χ0v) is 3.89. The molecule has 1 N–H and O–H groups in total. The number of hydrogen-bond donors (Lipinski definition) is 1. The molecule has 0 aromatic carbocycles. The molecule has 0 rings (SSSR count). The molecule has 0 fully saturated rings. The van der Waals surface area contributed by atoms with E-state index in [0.29, 0.717) is 13.0 Å². The van der Waals surface area contributed by atoms with Crippen molar-refractivity contribution < 1.29 is 9.63 Å². The third kappa shape index (κ3) is 5.17. The Balaban J connectivity index is 2.68. The van der Waals surface area contributed by atoms with Gasteiger partial charge in [0.1, 0.15) is 0 Å². The lowest BCUT2D eigenvalue weighted by Crippen LogP contribution is -2.12. The molecule has 0 heterocycles. The highest BCUT2D eigenvalue weighted by Gasteiger charge is 1.71. The summed E-state index contributed by atoms with van der Waals surface area (Å²) in [6.07, 6.45) is 1.59. The van der Waals surface area contributed by atoms with Crippen molar-refractivity contribution in [2.45, 2.75) is 0 Å². The van der Waals surface area contributed by atoms with Gasteiger partial charge in [0.05, 0.1) is 0 Å². The van der Waals surface area contributed by atoms with Crippen LogP contribution in [0, 0.1) is 0 Å². The van der Waals surface area contributed by atoms with Gasteiger partial charge in [-0.05, 0) is 0 Å². The largest absolute Gasteiger partial charge is 0.373 e. The van der Waals surface area contributed by atoms with Crippen LogP contribution < -0.4 is 5.48 Å². The molecule has 0 aromatic heterocycles. The molecule has 0 saturated heterocycles. The van der Waals surface area contributed by atoms with Crippen LogP contribution in [0.4, 0.5) is 0 Å². The van der Waals surface area contributed by atoms with E-state index >= 15 is 0 Å². The second-order valence-electron chi connectivity index (χ2n) is 0.851. The number of hydroxylamine groups is 1. The third-order valence-electron chi connectivity index (χ3n) is 0.359. The van der Waals surface area contributed by atoms with Gasteiger partial charge in [0.15, 0.2) is 0 Å². The van der Waals surface area contributed by atoms with Crippen LogP contribution in [0.3, 0.4) is 0 Å². The second kappa shape index (κ2) is 5.17. The lowest BCUT2D eigenvalue weighted by Gasteiger charge is -1.90. The fourth-order valence-corrected chi connectivity index (χ4v) is 0.141. The molecule has 3 nitrogen and oxygen atoms in total. The molecule has 0 aliphatic rings. The Morgan fingerprint density at radius 1 is 1.86 bits per heavy atom. The van der Waals surface area contributed by atoms with Gasteiger partial charge >= 0.3 is 6.47 Å². The monoisotopic (exact) mass is 101 g/mol. The lowest BCUT2D eigenvalue weighted by molar-refractivity contribution is -0.134. The van der Waals surface area contributed by atoms with Crippen molar-refractivity contribution in [3.8, 4) is 0 Å². The molecule has 0 unspecified atom stereocenters. The molecular formula is C4H7NO2. The summed E-state index contributed by atoms with van der Waals surface area (Å²) < 4.78 is 0. The molecule has 0 bridgehead atoms. The Bertz CT molecular complexity index is 54.7. The zero-order chi connectivity index (χ0) is 5.54. The maximum atomic E-state index is 9.36. The molecule has 7 heavy (non-hydrogen) atoms. The van der Waals surface area contributed by atoms with Gasteiger partial charge in [0.2, 0.25) is 0 Å². The summed E-state index contributed by atoms with van der Waals surface area (Å²) in [6.45, 7) is 4.18. The average molecular weight is 101 g/mol. The fourth-order valence-electron chi connectivity index (χ4n) is 0.141. The molecule has 0 aromatic rings. The molecular weight excluding hydrogens is 94.0 g/mol. The zero-order valence-electron chi connectivity index (χ0n) is 3.89. The van der Waals surface area contributed by atoms with Gasteiger partial charge < -0.3 is 4.84 Å². The summed E-state index contributed by atoms with van der Waals surface area (Å²) in [4.78, 5) is 13.4. The van der Waals surface area contributed by atoms with Crippen LogP contribution in [-0.2, 0) is 9.63 Å². The first-order valence-corrected chi connectivity index (χ1v) is 1.85. The van der Waals surface area contributed by atoms with Crippen molar-refractivity contribution in [3.05, 3.63) is 12.7 Å². The van der Waals surface area contributed by atoms with Crippen molar-refractivity contribution in [1.29, 1.82) is 0 Å². The first-order valence-electron chi connectivity index (χ1n) is 1.85. The van der Waals surface area contributed by atoms with Crippen LogP contribution in [0.15, 0.2) is 12.7 Å². The highest BCUT2D eigenvalue weighted by atomic mass is 16.7. The maximum Gasteiger partial charge on any atom is 0.312 e. The van der Waals surface area contributed by atoms with E-state index < -0.39 is 0 Å². The molecule has 0 atom stereocenters. The normalized spacial score (nSPS) is 7.43. The minimum atomic E-state index is 0.323. The van der Waals surface area contributed by atoms with Crippen LogP contribution in [0.5, 0.6) is 0 Å². The first-order chi connectivity index (χ1) is 3.41. The van der Waals surface area contributed by atoms with Crippen molar-refractivity contribution in [1.82, 2.24) is 5.48 Å². The Morgan fingerprint density at radius 2 is 2.57 bits per heavy atom. The van der Waals surface area contributed by atoms with Crippen LogP contribution >= 0.6 is 0 Å². The van der Waals surface area contributed by atoms with Gasteiger partial charge in [0.25, 0.3) is 0 Å². The van der Waals surface area contributed by atoms with E-state index in [1.165, 1.54) is 0 Å². The first kappa shape index (κ1) is 6.17. The van der Waals surface area contributed by atoms with Crippen LogP contribution in [-0.4, -0.2) is 13.0 Å². The third-order valence-corrected chi connectivity index (χ3v) is 0.359. The van der Waals surface area contributed by atoms with E-state index in [9.17, 15) is 4.79 Å². The van der Waals surface area contributed by atoms with Crippen LogP contribution in [0.1, 0.15) is 0 Å². The molecule has 0 aliphatic heterocycles. The molecule has 40 valence electrons. The Morgan fingerprint density at radius 3 is 3.00 bits per heavy atom. The fraction of sp³-hybridized carbons (Fsp3) is 0.250. The molecule has 0 aliphatic carbocycles. The highest BCUT2D eigenvalue weighted by Crippen LogP contribution is 1.56. The SMILES string of the molecule is C=CCNOC=O. The topological polar surface area (TPSA) is 38.3 Å². The number of hydrogen-bond acceptors (Lipinski definition) is 3. The van der Waals surface area contributed by atoms with E-state index in [1.807, 2.05) is 0 Å². The second-order valence-corrected chi connectivity index (χ2v) is 0.851. The van der Waals surface area contributed by atoms with E-state index in [2.05, 4.69) is 16.9 Å². The number of nitrogens with one attached hydrogen (secondary N) is 1. The number of carbonyl (C=O) groups is 1. The predicted octanol–water partition coefficient (Wildman–Crippen LogP) is -0.150. The van der Waals surface area contributed by atoms with Crippen molar-refractivity contribution in [2.75, 3.05) is 6.54 Å².